The lowest BCUT2D eigenvalue weighted by Crippen LogP contribution is -2.43. The normalized spacial score (nSPS) is 25.3. The molecule has 2 heterocycles. The molecule has 3 nitrogen and oxygen atoms in total. The Morgan fingerprint density at radius 1 is 1.39 bits per heavy atom. The summed E-state index contributed by atoms with van der Waals surface area (Å²) >= 11 is 0. The number of hydrogen-bond acceptors (Lipinski definition) is 3. The molecule has 2 unspecified atom stereocenters. The molecular weight excluding hydrogens is 245 g/mol. The molecule has 1 aliphatic heterocycles. The molecule has 0 saturated carbocycles. The minimum Gasteiger partial charge on any atom is -0.391 e. The van der Waals surface area contributed by atoms with E-state index in [4.69, 9.17) is 0 Å². The van der Waals surface area contributed by atoms with E-state index in [2.05, 4.69) is 4.98 Å². The van der Waals surface area contributed by atoms with Gasteiger partial charge in [0, 0.05) is 13.1 Å². The van der Waals surface area contributed by atoms with Crippen molar-refractivity contribution < 1.29 is 18.3 Å². The van der Waals surface area contributed by atoms with Gasteiger partial charge in [0.15, 0.2) is 0 Å². The van der Waals surface area contributed by atoms with Crippen molar-refractivity contribution in [3.63, 3.8) is 0 Å². The molecule has 100 valence electrons. The second kappa shape index (κ2) is 4.76. The van der Waals surface area contributed by atoms with Gasteiger partial charge in [-0.25, -0.2) is 4.98 Å². The van der Waals surface area contributed by atoms with E-state index >= 15 is 0 Å². The number of piperidine rings is 1. The zero-order valence-electron chi connectivity index (χ0n) is 9.98. The molecule has 2 rings (SSSR count). The van der Waals surface area contributed by atoms with Gasteiger partial charge in [0.05, 0.1) is 6.10 Å². The maximum absolute atomic E-state index is 12.5. The summed E-state index contributed by atoms with van der Waals surface area (Å²) in [5.74, 6) is 0.447. The standard InChI is InChI=1S/C12H15F3N2O/c1-8-5-6-17(7-9(8)18)11-4-2-3-10(16-11)12(13,14)15/h2-4,8-9,18H,5-7H2,1H3. The van der Waals surface area contributed by atoms with E-state index in [0.717, 1.165) is 12.5 Å². The van der Waals surface area contributed by atoms with Crippen LogP contribution in [-0.2, 0) is 6.18 Å². The Balaban J connectivity index is 2.19. The lowest BCUT2D eigenvalue weighted by molar-refractivity contribution is -0.141. The van der Waals surface area contributed by atoms with Crippen LogP contribution in [0, 0.1) is 5.92 Å². The number of anilines is 1. The van der Waals surface area contributed by atoms with Gasteiger partial charge in [0.2, 0.25) is 0 Å². The Hall–Kier alpha value is -1.30. The number of nitrogens with zero attached hydrogens (tertiary/aromatic N) is 2. The van der Waals surface area contributed by atoms with Gasteiger partial charge in [-0.2, -0.15) is 13.2 Å². The van der Waals surface area contributed by atoms with Crippen molar-refractivity contribution in [1.82, 2.24) is 4.98 Å². The molecule has 1 fully saturated rings. The summed E-state index contributed by atoms with van der Waals surface area (Å²) in [5.41, 5.74) is -0.895. The number of aliphatic hydroxyl groups excluding tert-OH is 1. The van der Waals surface area contributed by atoms with Crippen molar-refractivity contribution in [1.29, 1.82) is 0 Å². The number of hydrogen-bond donors (Lipinski definition) is 1. The molecule has 0 aromatic carbocycles. The van der Waals surface area contributed by atoms with E-state index in [0.29, 0.717) is 13.1 Å². The van der Waals surface area contributed by atoms with Gasteiger partial charge in [-0.15, -0.1) is 0 Å². The summed E-state index contributed by atoms with van der Waals surface area (Å²) in [4.78, 5) is 5.31. The van der Waals surface area contributed by atoms with Crippen molar-refractivity contribution in [2.24, 2.45) is 5.92 Å². The molecule has 1 aliphatic rings. The first-order valence-electron chi connectivity index (χ1n) is 5.85. The van der Waals surface area contributed by atoms with Crippen molar-refractivity contribution in [3.8, 4) is 0 Å². The van der Waals surface area contributed by atoms with Crippen molar-refractivity contribution in [2.75, 3.05) is 18.0 Å². The number of aliphatic hydroxyl groups is 1. The molecular formula is C12H15F3N2O. The Kier molecular flexibility index (Phi) is 3.47. The molecule has 18 heavy (non-hydrogen) atoms. The van der Waals surface area contributed by atoms with Crippen molar-refractivity contribution in [3.05, 3.63) is 23.9 Å². The molecule has 0 aliphatic carbocycles. The number of alkyl halides is 3. The van der Waals surface area contributed by atoms with Gasteiger partial charge in [-0.05, 0) is 24.5 Å². The van der Waals surface area contributed by atoms with Crippen LogP contribution in [0.5, 0.6) is 0 Å². The second-order valence-corrected chi connectivity index (χ2v) is 4.66. The Morgan fingerprint density at radius 2 is 2.11 bits per heavy atom. The predicted octanol–water partition coefficient (Wildman–Crippen LogP) is 2.31. The molecule has 1 N–H and O–H groups in total. The molecule has 1 aromatic heterocycles. The first kappa shape index (κ1) is 13.1. The Bertz CT molecular complexity index is 422. The van der Waals surface area contributed by atoms with Crippen LogP contribution in [0.2, 0.25) is 0 Å². The summed E-state index contributed by atoms with van der Waals surface area (Å²) in [6.07, 6.45) is -4.20. The zero-order chi connectivity index (χ0) is 13.3. The zero-order valence-corrected chi connectivity index (χ0v) is 9.98. The van der Waals surface area contributed by atoms with Crippen LogP contribution in [0.4, 0.5) is 19.0 Å². The van der Waals surface area contributed by atoms with Crippen LogP contribution in [-0.4, -0.2) is 29.3 Å². The summed E-state index contributed by atoms with van der Waals surface area (Å²) in [7, 11) is 0. The minimum atomic E-state index is -4.43. The highest BCUT2D eigenvalue weighted by Crippen LogP contribution is 2.29. The van der Waals surface area contributed by atoms with E-state index in [-0.39, 0.29) is 11.7 Å². The fraction of sp³-hybridized carbons (Fsp3) is 0.583. The van der Waals surface area contributed by atoms with Gasteiger partial charge in [-0.1, -0.05) is 13.0 Å². The van der Waals surface area contributed by atoms with Gasteiger partial charge in [-0.3, -0.25) is 0 Å². The fourth-order valence-electron chi connectivity index (χ4n) is 2.01. The molecule has 0 spiro atoms. The topological polar surface area (TPSA) is 36.4 Å². The van der Waals surface area contributed by atoms with Crippen LogP contribution in [0.25, 0.3) is 0 Å². The van der Waals surface area contributed by atoms with Crippen LogP contribution >= 0.6 is 0 Å². The highest BCUT2D eigenvalue weighted by molar-refractivity contribution is 5.40. The summed E-state index contributed by atoms with van der Waals surface area (Å²) in [6.45, 7) is 2.88. The number of rotatable bonds is 1. The maximum atomic E-state index is 12.5. The summed E-state index contributed by atoms with van der Waals surface area (Å²) in [5, 5.41) is 9.75. The largest absolute Gasteiger partial charge is 0.433 e. The van der Waals surface area contributed by atoms with E-state index in [1.807, 2.05) is 6.92 Å². The van der Waals surface area contributed by atoms with Gasteiger partial charge < -0.3 is 10.0 Å². The third kappa shape index (κ3) is 2.75. The average Bonchev–Trinajstić information content (AvgIpc) is 2.32. The first-order chi connectivity index (χ1) is 8.38. The number of aromatic nitrogens is 1. The Morgan fingerprint density at radius 3 is 2.72 bits per heavy atom. The summed E-state index contributed by atoms with van der Waals surface area (Å²) in [6, 6.07) is 3.83. The maximum Gasteiger partial charge on any atom is 0.433 e. The first-order valence-corrected chi connectivity index (χ1v) is 5.85. The summed E-state index contributed by atoms with van der Waals surface area (Å²) < 4.78 is 37.6. The molecule has 1 saturated heterocycles. The van der Waals surface area contributed by atoms with Crippen LogP contribution in [0.1, 0.15) is 19.0 Å². The molecule has 0 radical (unpaired) electrons. The lowest BCUT2D eigenvalue weighted by Gasteiger charge is -2.35. The number of halogens is 3. The van der Waals surface area contributed by atoms with Crippen LogP contribution < -0.4 is 4.90 Å². The number of pyridine rings is 1. The van der Waals surface area contributed by atoms with Gasteiger partial charge in [0.1, 0.15) is 11.5 Å². The van der Waals surface area contributed by atoms with Crippen molar-refractivity contribution in [2.45, 2.75) is 25.6 Å². The monoisotopic (exact) mass is 260 g/mol. The average molecular weight is 260 g/mol. The number of β-amino-alcohol motifs (C(OH)–C–C–N with tert-alkyl or cyclic N) is 1. The molecule has 1 aromatic rings. The van der Waals surface area contributed by atoms with Crippen molar-refractivity contribution >= 4 is 5.82 Å². The molecule has 0 amide bonds. The Labute approximate surface area is 103 Å². The van der Waals surface area contributed by atoms with E-state index < -0.39 is 18.0 Å². The SMILES string of the molecule is CC1CCN(c2cccc(C(F)(F)F)n2)CC1O. The highest BCUT2D eigenvalue weighted by Gasteiger charge is 2.33. The second-order valence-electron chi connectivity index (χ2n) is 4.66. The van der Waals surface area contributed by atoms with Gasteiger partial charge >= 0.3 is 6.18 Å². The van der Waals surface area contributed by atoms with E-state index in [1.54, 1.807) is 4.90 Å². The molecule has 2 atom stereocenters. The third-order valence-corrected chi connectivity index (χ3v) is 3.27. The van der Waals surface area contributed by atoms with E-state index in [9.17, 15) is 18.3 Å². The van der Waals surface area contributed by atoms with Crippen LogP contribution in [0.3, 0.4) is 0 Å². The highest BCUT2D eigenvalue weighted by atomic mass is 19.4. The lowest BCUT2D eigenvalue weighted by atomic mass is 9.96. The fourth-order valence-corrected chi connectivity index (χ4v) is 2.01. The molecule has 0 bridgehead atoms. The predicted molar refractivity (Wildman–Crippen MR) is 61.2 cm³/mol. The minimum absolute atomic E-state index is 0.173. The van der Waals surface area contributed by atoms with Crippen LogP contribution in [0.15, 0.2) is 18.2 Å². The van der Waals surface area contributed by atoms with Gasteiger partial charge in [0.25, 0.3) is 0 Å². The molecule has 6 heteroatoms. The third-order valence-electron chi connectivity index (χ3n) is 3.27. The van der Waals surface area contributed by atoms with E-state index in [1.165, 1.54) is 12.1 Å². The smallest absolute Gasteiger partial charge is 0.391 e. The quantitative estimate of drug-likeness (QED) is 0.841.